The lowest BCUT2D eigenvalue weighted by atomic mass is 9.88. The molecule has 23 heavy (non-hydrogen) atoms. The fourth-order valence-corrected chi connectivity index (χ4v) is 3.40. The molecule has 0 N–H and O–H groups in total. The normalized spacial score (nSPS) is 21.9. The Morgan fingerprint density at radius 3 is 2.70 bits per heavy atom. The molecule has 1 aliphatic rings. The number of hydrogen-bond donors (Lipinski definition) is 0. The Kier molecular flexibility index (Phi) is 4.39. The molecule has 0 saturated heterocycles. The quantitative estimate of drug-likeness (QED) is 0.843. The van der Waals surface area contributed by atoms with E-state index in [9.17, 15) is 9.59 Å². The van der Waals surface area contributed by atoms with Gasteiger partial charge in [-0.3, -0.25) is 13.9 Å². The van der Waals surface area contributed by atoms with Gasteiger partial charge in [0.2, 0.25) is 0 Å². The van der Waals surface area contributed by atoms with Crippen molar-refractivity contribution < 1.29 is 4.74 Å². The summed E-state index contributed by atoms with van der Waals surface area (Å²) in [6, 6.07) is 0. The molecule has 126 valence electrons. The van der Waals surface area contributed by atoms with Crippen LogP contribution in [0.5, 0.6) is 0 Å². The molecule has 1 saturated carbocycles. The van der Waals surface area contributed by atoms with Crippen LogP contribution in [0.25, 0.3) is 11.2 Å². The van der Waals surface area contributed by atoms with Crippen molar-refractivity contribution in [3.05, 3.63) is 27.2 Å². The molecule has 2 atom stereocenters. The van der Waals surface area contributed by atoms with Crippen molar-refractivity contribution in [2.75, 3.05) is 6.61 Å². The molecule has 2 heterocycles. The third-order valence-corrected chi connectivity index (χ3v) is 4.91. The fourth-order valence-electron chi connectivity index (χ4n) is 3.40. The van der Waals surface area contributed by atoms with E-state index in [0.29, 0.717) is 36.3 Å². The van der Waals surface area contributed by atoms with Crippen LogP contribution in [-0.4, -0.2) is 31.4 Å². The van der Waals surface area contributed by atoms with E-state index in [1.54, 1.807) is 17.9 Å². The first-order valence-electron chi connectivity index (χ1n) is 8.23. The number of imidazole rings is 1. The third-order valence-electron chi connectivity index (χ3n) is 4.91. The number of ether oxygens (including phenoxy) is 1. The number of hydrogen-bond acceptors (Lipinski definition) is 4. The van der Waals surface area contributed by atoms with Gasteiger partial charge in [-0.1, -0.05) is 19.8 Å². The number of rotatable bonds is 4. The van der Waals surface area contributed by atoms with Crippen LogP contribution in [0.4, 0.5) is 0 Å². The molecule has 7 nitrogen and oxygen atoms in total. The lowest BCUT2D eigenvalue weighted by Crippen LogP contribution is -2.37. The molecule has 0 spiro atoms. The molecular weight excluding hydrogens is 296 g/mol. The van der Waals surface area contributed by atoms with Crippen LogP contribution in [0.1, 0.15) is 32.6 Å². The van der Waals surface area contributed by atoms with Gasteiger partial charge in [0.15, 0.2) is 11.2 Å². The molecule has 0 amide bonds. The molecule has 2 aromatic heterocycles. The maximum absolute atomic E-state index is 12.3. The van der Waals surface area contributed by atoms with Crippen molar-refractivity contribution in [2.24, 2.45) is 20.0 Å². The molecule has 0 radical (unpaired) electrons. The molecule has 7 heteroatoms. The summed E-state index contributed by atoms with van der Waals surface area (Å²) < 4.78 is 10.3. The second-order valence-electron chi connectivity index (χ2n) is 6.49. The molecule has 0 aliphatic heterocycles. The maximum Gasteiger partial charge on any atom is 0.332 e. The van der Waals surface area contributed by atoms with Crippen LogP contribution in [0.2, 0.25) is 0 Å². The van der Waals surface area contributed by atoms with E-state index in [4.69, 9.17) is 4.74 Å². The van der Waals surface area contributed by atoms with Crippen molar-refractivity contribution in [1.29, 1.82) is 0 Å². The molecule has 0 aromatic carbocycles. The van der Waals surface area contributed by atoms with Crippen molar-refractivity contribution in [2.45, 2.75) is 45.3 Å². The van der Waals surface area contributed by atoms with Crippen molar-refractivity contribution >= 4 is 11.2 Å². The minimum absolute atomic E-state index is 0.311. The van der Waals surface area contributed by atoms with Crippen LogP contribution in [-0.2, 0) is 25.4 Å². The topological polar surface area (TPSA) is 71.1 Å². The predicted molar refractivity (Wildman–Crippen MR) is 87.6 cm³/mol. The summed E-state index contributed by atoms with van der Waals surface area (Å²) in [5.74, 6) is 0.594. The number of fused-ring (bicyclic) bond motifs is 1. The van der Waals surface area contributed by atoms with Crippen molar-refractivity contribution in [1.82, 2.24) is 18.7 Å². The molecule has 1 fully saturated rings. The zero-order chi connectivity index (χ0) is 16.6. The molecular formula is C16H24N4O3. The Hall–Kier alpha value is -1.89. The monoisotopic (exact) mass is 320 g/mol. The van der Waals surface area contributed by atoms with E-state index in [2.05, 4.69) is 11.9 Å². The van der Waals surface area contributed by atoms with Gasteiger partial charge >= 0.3 is 5.69 Å². The van der Waals surface area contributed by atoms with Gasteiger partial charge in [-0.2, -0.15) is 0 Å². The fraction of sp³-hybridized carbons (Fsp3) is 0.688. The highest BCUT2D eigenvalue weighted by atomic mass is 16.5. The SMILES string of the molecule is C[C@@H]1CCCC[C@@H]1OCCn1cnc2c1c(=O)n(C)c(=O)n2C. The molecule has 2 aromatic rings. The second kappa shape index (κ2) is 6.31. The van der Waals surface area contributed by atoms with Crippen LogP contribution >= 0.6 is 0 Å². The van der Waals surface area contributed by atoms with Gasteiger partial charge in [-0.15, -0.1) is 0 Å². The van der Waals surface area contributed by atoms with Crippen LogP contribution in [0.15, 0.2) is 15.9 Å². The lowest BCUT2D eigenvalue weighted by Gasteiger charge is -2.28. The van der Waals surface area contributed by atoms with Gasteiger partial charge in [-0.25, -0.2) is 9.78 Å². The Labute approximate surface area is 134 Å². The summed E-state index contributed by atoms with van der Waals surface area (Å²) in [7, 11) is 3.11. The highest BCUT2D eigenvalue weighted by Gasteiger charge is 2.22. The Bertz CT molecular complexity index is 817. The molecule has 3 rings (SSSR count). The van der Waals surface area contributed by atoms with E-state index in [-0.39, 0.29) is 11.2 Å². The average Bonchev–Trinajstić information content (AvgIpc) is 2.97. The van der Waals surface area contributed by atoms with E-state index < -0.39 is 0 Å². The summed E-state index contributed by atoms with van der Waals surface area (Å²) in [6.45, 7) is 3.35. The first-order valence-corrected chi connectivity index (χ1v) is 8.23. The standard InChI is InChI=1S/C16H24N4O3/c1-11-6-4-5-7-12(11)23-9-8-20-10-17-14-13(20)15(21)19(3)16(22)18(14)2/h10-12H,4-9H2,1-3H3/t11-,12+/m1/s1. The van der Waals surface area contributed by atoms with Crippen LogP contribution in [0.3, 0.4) is 0 Å². The molecule has 0 bridgehead atoms. The summed E-state index contributed by atoms with van der Waals surface area (Å²) >= 11 is 0. The Morgan fingerprint density at radius 1 is 1.22 bits per heavy atom. The summed E-state index contributed by atoms with van der Waals surface area (Å²) in [6.07, 6.45) is 6.77. The van der Waals surface area contributed by atoms with E-state index in [1.807, 2.05) is 0 Å². The Balaban J connectivity index is 1.79. The van der Waals surface area contributed by atoms with Crippen molar-refractivity contribution in [3.63, 3.8) is 0 Å². The Morgan fingerprint density at radius 2 is 1.96 bits per heavy atom. The number of nitrogens with zero attached hydrogens (tertiary/aromatic N) is 4. The summed E-state index contributed by atoms with van der Waals surface area (Å²) in [4.78, 5) is 28.5. The van der Waals surface area contributed by atoms with Crippen molar-refractivity contribution in [3.8, 4) is 0 Å². The van der Waals surface area contributed by atoms with Gasteiger partial charge < -0.3 is 9.30 Å². The minimum Gasteiger partial charge on any atom is -0.376 e. The van der Waals surface area contributed by atoms with Gasteiger partial charge in [-0.05, 0) is 18.8 Å². The van der Waals surface area contributed by atoms with Gasteiger partial charge in [0, 0.05) is 20.6 Å². The number of aromatic nitrogens is 4. The summed E-state index contributed by atoms with van der Waals surface area (Å²) in [5, 5.41) is 0. The third kappa shape index (κ3) is 2.85. The number of aryl methyl sites for hydroxylation is 1. The van der Waals surface area contributed by atoms with Crippen LogP contribution < -0.4 is 11.2 Å². The zero-order valence-corrected chi connectivity index (χ0v) is 14.0. The summed E-state index contributed by atoms with van der Waals surface area (Å²) in [5.41, 5.74) is 0.200. The van der Waals surface area contributed by atoms with Crippen LogP contribution in [0, 0.1) is 5.92 Å². The van der Waals surface area contributed by atoms with Gasteiger partial charge in [0.25, 0.3) is 5.56 Å². The van der Waals surface area contributed by atoms with E-state index >= 15 is 0 Å². The largest absolute Gasteiger partial charge is 0.376 e. The minimum atomic E-state index is -0.361. The maximum atomic E-state index is 12.3. The first kappa shape index (κ1) is 16.0. The second-order valence-corrected chi connectivity index (χ2v) is 6.49. The van der Waals surface area contributed by atoms with E-state index in [0.717, 1.165) is 11.0 Å². The van der Waals surface area contributed by atoms with Gasteiger partial charge in [0.1, 0.15) is 0 Å². The molecule has 0 unspecified atom stereocenters. The lowest BCUT2D eigenvalue weighted by molar-refractivity contribution is -0.00809. The predicted octanol–water partition coefficient (Wildman–Crippen LogP) is 1.03. The first-order chi connectivity index (χ1) is 11.0. The van der Waals surface area contributed by atoms with Gasteiger partial charge in [0.05, 0.1) is 19.0 Å². The smallest absolute Gasteiger partial charge is 0.332 e. The van der Waals surface area contributed by atoms with E-state index in [1.165, 1.54) is 30.9 Å². The highest BCUT2D eigenvalue weighted by molar-refractivity contribution is 5.69. The zero-order valence-electron chi connectivity index (χ0n) is 14.0. The highest BCUT2D eigenvalue weighted by Crippen LogP contribution is 2.26. The average molecular weight is 320 g/mol. The molecule has 1 aliphatic carbocycles.